The molecule has 5 rings (SSSR count). The zero-order valence-electron chi connectivity index (χ0n) is 18.4. The van der Waals surface area contributed by atoms with Crippen LogP contribution < -0.4 is 10.9 Å². The molecule has 2 aromatic heterocycles. The van der Waals surface area contributed by atoms with E-state index in [0.29, 0.717) is 28.4 Å². The Morgan fingerprint density at radius 2 is 1.82 bits per heavy atom. The standard InChI is InChI=1S/C26H23N3O3S2/c30-22(27-18-10-6-9-17(13-18)24(31)16-7-2-1-3-8-16)15-33-14-21-28-25(32)23-19-11-4-5-12-20(19)34-26(23)29-21/h1-3,6-10,13H,4-5,11-12,14-15H2,(H,27,30)(H,28,29,32). The molecular weight excluding hydrogens is 466 g/mol. The van der Waals surface area contributed by atoms with Gasteiger partial charge in [0.15, 0.2) is 5.78 Å². The average molecular weight is 490 g/mol. The number of ketones is 1. The van der Waals surface area contributed by atoms with Gasteiger partial charge < -0.3 is 10.3 Å². The summed E-state index contributed by atoms with van der Waals surface area (Å²) < 4.78 is 0. The number of anilines is 1. The van der Waals surface area contributed by atoms with Crippen molar-refractivity contribution < 1.29 is 9.59 Å². The highest BCUT2D eigenvalue weighted by Gasteiger charge is 2.20. The van der Waals surface area contributed by atoms with Crippen LogP contribution in [0.25, 0.3) is 10.2 Å². The molecule has 8 heteroatoms. The summed E-state index contributed by atoms with van der Waals surface area (Å²) >= 11 is 3.01. The number of rotatable bonds is 7. The van der Waals surface area contributed by atoms with Gasteiger partial charge in [0.25, 0.3) is 5.56 Å². The van der Waals surface area contributed by atoms with Gasteiger partial charge in [-0.05, 0) is 43.4 Å². The molecule has 0 atom stereocenters. The maximum Gasteiger partial charge on any atom is 0.259 e. The Balaban J connectivity index is 1.20. The minimum Gasteiger partial charge on any atom is -0.325 e. The molecule has 0 radical (unpaired) electrons. The molecule has 0 fully saturated rings. The fourth-order valence-electron chi connectivity index (χ4n) is 4.21. The molecule has 2 aromatic carbocycles. The van der Waals surface area contributed by atoms with E-state index in [4.69, 9.17) is 0 Å². The van der Waals surface area contributed by atoms with Crippen LogP contribution in [-0.2, 0) is 23.4 Å². The smallest absolute Gasteiger partial charge is 0.259 e. The maximum atomic E-state index is 12.7. The number of aryl methyl sites for hydroxylation is 2. The first-order valence-electron chi connectivity index (χ1n) is 11.2. The first kappa shape index (κ1) is 22.6. The average Bonchev–Trinajstić information content (AvgIpc) is 3.23. The number of carbonyl (C=O) groups is 2. The van der Waals surface area contributed by atoms with Crippen molar-refractivity contribution in [1.82, 2.24) is 9.97 Å². The summed E-state index contributed by atoms with van der Waals surface area (Å²) in [6, 6.07) is 16.0. The second-order valence-electron chi connectivity index (χ2n) is 8.22. The van der Waals surface area contributed by atoms with Crippen LogP contribution in [0.2, 0.25) is 0 Å². The molecule has 0 bridgehead atoms. The van der Waals surface area contributed by atoms with Crippen LogP contribution in [0.1, 0.15) is 45.0 Å². The van der Waals surface area contributed by atoms with Gasteiger partial charge in [0.2, 0.25) is 5.91 Å². The molecule has 1 aliphatic rings. The Kier molecular flexibility index (Phi) is 6.60. The van der Waals surface area contributed by atoms with Gasteiger partial charge in [-0.3, -0.25) is 14.4 Å². The van der Waals surface area contributed by atoms with Crippen molar-refractivity contribution in [3.8, 4) is 0 Å². The molecule has 2 heterocycles. The third kappa shape index (κ3) is 4.83. The van der Waals surface area contributed by atoms with Gasteiger partial charge in [-0.15, -0.1) is 23.1 Å². The van der Waals surface area contributed by atoms with E-state index in [0.717, 1.165) is 29.5 Å². The summed E-state index contributed by atoms with van der Waals surface area (Å²) in [7, 11) is 0. The second-order valence-corrected chi connectivity index (χ2v) is 10.3. The lowest BCUT2D eigenvalue weighted by Gasteiger charge is -2.09. The van der Waals surface area contributed by atoms with Crippen molar-refractivity contribution in [2.24, 2.45) is 0 Å². The van der Waals surface area contributed by atoms with Gasteiger partial charge in [-0.2, -0.15) is 0 Å². The number of H-pyrrole nitrogens is 1. The Morgan fingerprint density at radius 3 is 2.68 bits per heavy atom. The van der Waals surface area contributed by atoms with Crippen molar-refractivity contribution in [1.29, 1.82) is 0 Å². The summed E-state index contributed by atoms with van der Waals surface area (Å²) in [5, 5.41) is 3.59. The predicted octanol–water partition coefficient (Wildman–Crippen LogP) is 4.97. The minimum atomic E-state index is -0.177. The molecule has 0 saturated heterocycles. The topological polar surface area (TPSA) is 91.9 Å². The molecule has 4 aromatic rings. The molecule has 0 aliphatic heterocycles. The number of aromatic amines is 1. The van der Waals surface area contributed by atoms with Gasteiger partial charge in [-0.1, -0.05) is 42.5 Å². The van der Waals surface area contributed by atoms with Crippen LogP contribution in [0.4, 0.5) is 5.69 Å². The molecule has 34 heavy (non-hydrogen) atoms. The number of hydrogen-bond acceptors (Lipinski definition) is 6. The number of fused-ring (bicyclic) bond motifs is 3. The molecule has 1 aliphatic carbocycles. The highest BCUT2D eigenvalue weighted by atomic mass is 32.2. The van der Waals surface area contributed by atoms with E-state index < -0.39 is 0 Å². The van der Waals surface area contributed by atoms with Gasteiger partial charge in [-0.25, -0.2) is 4.98 Å². The Hall–Kier alpha value is -3.23. The van der Waals surface area contributed by atoms with Crippen molar-refractivity contribution in [3.63, 3.8) is 0 Å². The van der Waals surface area contributed by atoms with Crippen LogP contribution in [0, 0.1) is 0 Å². The van der Waals surface area contributed by atoms with E-state index in [-0.39, 0.29) is 23.0 Å². The lowest BCUT2D eigenvalue weighted by Crippen LogP contribution is -2.16. The van der Waals surface area contributed by atoms with Crippen LogP contribution in [0.15, 0.2) is 59.4 Å². The second kappa shape index (κ2) is 9.95. The number of thiophene rings is 1. The first-order chi connectivity index (χ1) is 16.6. The highest BCUT2D eigenvalue weighted by molar-refractivity contribution is 7.99. The number of amides is 1. The molecule has 0 saturated carbocycles. The third-order valence-electron chi connectivity index (χ3n) is 5.79. The summed E-state index contributed by atoms with van der Waals surface area (Å²) in [4.78, 5) is 47.4. The number of hydrogen-bond donors (Lipinski definition) is 2. The molecule has 6 nitrogen and oxygen atoms in total. The number of nitrogens with zero attached hydrogens (tertiary/aromatic N) is 1. The molecule has 172 valence electrons. The minimum absolute atomic E-state index is 0.0793. The van der Waals surface area contributed by atoms with Crippen LogP contribution in [0.3, 0.4) is 0 Å². The first-order valence-corrected chi connectivity index (χ1v) is 13.2. The molecule has 1 amide bonds. The summed E-state index contributed by atoms with van der Waals surface area (Å²) in [6.07, 6.45) is 4.26. The maximum absolute atomic E-state index is 12.7. The fourth-order valence-corrected chi connectivity index (χ4v) is 6.18. The van der Waals surface area contributed by atoms with E-state index in [1.165, 1.54) is 28.6 Å². The monoisotopic (exact) mass is 489 g/mol. The molecular formula is C26H23N3O3S2. The predicted molar refractivity (Wildman–Crippen MR) is 138 cm³/mol. The van der Waals surface area contributed by atoms with Crippen molar-refractivity contribution in [2.45, 2.75) is 31.4 Å². The summed E-state index contributed by atoms with van der Waals surface area (Å²) in [5.74, 6) is 0.966. The number of thioether (sulfide) groups is 1. The van der Waals surface area contributed by atoms with Gasteiger partial charge in [0.1, 0.15) is 10.7 Å². The Morgan fingerprint density at radius 1 is 1.03 bits per heavy atom. The number of nitrogens with one attached hydrogen (secondary N) is 2. The summed E-state index contributed by atoms with van der Waals surface area (Å²) in [5.41, 5.74) is 2.79. The number of benzene rings is 2. The number of carbonyl (C=O) groups excluding carboxylic acids is 2. The van der Waals surface area contributed by atoms with E-state index in [1.807, 2.05) is 18.2 Å². The molecule has 2 N–H and O–H groups in total. The van der Waals surface area contributed by atoms with E-state index in [1.54, 1.807) is 47.7 Å². The van der Waals surface area contributed by atoms with Crippen LogP contribution >= 0.6 is 23.1 Å². The van der Waals surface area contributed by atoms with Gasteiger partial charge >= 0.3 is 0 Å². The Bertz CT molecular complexity index is 1430. The molecule has 0 unspecified atom stereocenters. The lowest BCUT2D eigenvalue weighted by molar-refractivity contribution is -0.113. The number of aromatic nitrogens is 2. The largest absolute Gasteiger partial charge is 0.325 e. The van der Waals surface area contributed by atoms with Crippen LogP contribution in [0.5, 0.6) is 0 Å². The zero-order chi connectivity index (χ0) is 23.5. The van der Waals surface area contributed by atoms with Crippen molar-refractivity contribution in [3.05, 3.63) is 92.3 Å². The SMILES string of the molecule is O=C(CSCc1nc2sc3c(c2c(=O)[nH]1)CCCC3)Nc1cccc(C(=O)c2ccccc2)c1. The zero-order valence-corrected chi connectivity index (χ0v) is 20.1. The van der Waals surface area contributed by atoms with E-state index in [2.05, 4.69) is 15.3 Å². The third-order valence-corrected chi connectivity index (χ3v) is 7.92. The van der Waals surface area contributed by atoms with Gasteiger partial charge in [0.05, 0.1) is 16.9 Å². The lowest BCUT2D eigenvalue weighted by atomic mass is 9.97. The van der Waals surface area contributed by atoms with Gasteiger partial charge in [0, 0.05) is 21.7 Å². The quantitative estimate of drug-likeness (QED) is 0.358. The van der Waals surface area contributed by atoms with E-state index in [9.17, 15) is 14.4 Å². The fraction of sp³-hybridized carbons (Fsp3) is 0.231. The van der Waals surface area contributed by atoms with Crippen molar-refractivity contribution in [2.75, 3.05) is 11.1 Å². The Labute approximate surface area is 204 Å². The van der Waals surface area contributed by atoms with Crippen molar-refractivity contribution >= 4 is 50.7 Å². The normalized spacial score (nSPS) is 12.9. The van der Waals surface area contributed by atoms with E-state index >= 15 is 0 Å². The van der Waals surface area contributed by atoms with Crippen LogP contribution in [-0.4, -0.2) is 27.4 Å². The summed E-state index contributed by atoms with van der Waals surface area (Å²) in [6.45, 7) is 0. The highest BCUT2D eigenvalue weighted by Crippen LogP contribution is 2.33. The molecule has 0 spiro atoms.